The molecular weight excluding hydrogens is 507 g/mol. The average molecular weight is 553 g/mol. The maximum Gasteiger partial charge on any atom is 0.472 e. The maximum atomic E-state index is 12.1. The van der Waals surface area contributed by atoms with Crippen molar-refractivity contribution in [2.24, 2.45) is 0 Å². The van der Waals surface area contributed by atoms with Gasteiger partial charge >= 0.3 is 19.8 Å². The minimum atomic E-state index is -4.46. The summed E-state index contributed by atoms with van der Waals surface area (Å²) in [6.07, 6.45) is 6.30. The number of phosphoric acid groups is 1. The lowest BCUT2D eigenvalue weighted by molar-refractivity contribution is -0.160. The predicted octanol–water partition coefficient (Wildman–Crippen LogP) is 4.47. The number of unbranched alkanes of at least 4 members (excludes halogenated alkanes) is 4. The Morgan fingerprint density at radius 1 is 0.703 bits per heavy atom. The van der Waals surface area contributed by atoms with Crippen LogP contribution in [-0.4, -0.2) is 68.0 Å². The van der Waals surface area contributed by atoms with Gasteiger partial charge in [-0.25, -0.2) is 4.57 Å². The van der Waals surface area contributed by atoms with Crippen LogP contribution in [0.3, 0.4) is 0 Å². The van der Waals surface area contributed by atoms with E-state index in [1.165, 1.54) is 0 Å². The van der Waals surface area contributed by atoms with Crippen molar-refractivity contribution in [3.63, 3.8) is 0 Å². The first-order chi connectivity index (χ1) is 17.6. The molecule has 0 aliphatic heterocycles. The fourth-order valence-electron chi connectivity index (χ4n) is 3.17. The first kappa shape index (κ1) is 35.4. The Labute approximate surface area is 220 Å². The van der Waals surface area contributed by atoms with Crippen LogP contribution < -0.4 is 0 Å². The summed E-state index contributed by atoms with van der Waals surface area (Å²) in [5, 5.41) is 0. The zero-order chi connectivity index (χ0) is 27.9. The summed E-state index contributed by atoms with van der Waals surface area (Å²) < 4.78 is 36.7. The molecule has 0 heterocycles. The molecule has 12 heteroatoms. The monoisotopic (exact) mass is 552 g/mol. The number of hydrogen-bond acceptors (Lipinski definition) is 10. The number of phosphoric ester groups is 1. The molecule has 0 bridgehead atoms. The van der Waals surface area contributed by atoms with Crippen LogP contribution in [0, 0.1) is 0 Å². The van der Waals surface area contributed by atoms with Crippen LogP contribution in [0.1, 0.15) is 97.3 Å². The Kier molecular flexibility index (Phi) is 21.3. The van der Waals surface area contributed by atoms with Crippen LogP contribution in [0.5, 0.6) is 0 Å². The second-order valence-electron chi connectivity index (χ2n) is 8.64. The highest BCUT2D eigenvalue weighted by molar-refractivity contribution is 7.47. The lowest BCUT2D eigenvalue weighted by atomic mass is 10.0. The van der Waals surface area contributed by atoms with Crippen LogP contribution in [-0.2, 0) is 47.0 Å². The summed E-state index contributed by atoms with van der Waals surface area (Å²) in [7, 11) is -2.78. The molecule has 0 aliphatic carbocycles. The molecule has 0 saturated heterocycles. The highest BCUT2D eigenvalue weighted by Gasteiger charge is 2.25. The first-order valence-corrected chi connectivity index (χ1v) is 14.6. The average Bonchev–Trinajstić information content (AvgIpc) is 2.87. The summed E-state index contributed by atoms with van der Waals surface area (Å²) in [4.78, 5) is 56.6. The van der Waals surface area contributed by atoms with E-state index in [1.807, 2.05) is 0 Å². The Morgan fingerprint density at radius 3 is 1.89 bits per heavy atom. The predicted molar refractivity (Wildman–Crippen MR) is 136 cm³/mol. The van der Waals surface area contributed by atoms with Crippen molar-refractivity contribution in [3.8, 4) is 0 Å². The molecule has 0 radical (unpaired) electrons. The van der Waals surface area contributed by atoms with E-state index >= 15 is 0 Å². The normalized spacial score (nSPS) is 13.5. The minimum Gasteiger partial charge on any atom is -0.462 e. The van der Waals surface area contributed by atoms with E-state index in [9.17, 15) is 28.6 Å². The van der Waals surface area contributed by atoms with Gasteiger partial charge in [0.2, 0.25) is 0 Å². The molecular formula is C25H45O11P. The standard InChI is InChI=1S/C25H45O11P/c1-4-24(28)33-19-23(36-25(29)5-2)20-35-37(30,31)34-18-12-16-22(27)15-11-14-21(26)13-9-7-6-8-10-17-32-3/h23H,4-20H2,1-3H3,(H,30,31). The van der Waals surface area contributed by atoms with E-state index in [-0.39, 0.29) is 56.9 Å². The van der Waals surface area contributed by atoms with Crippen molar-refractivity contribution < 1.29 is 51.9 Å². The van der Waals surface area contributed by atoms with Crippen LogP contribution in [0.25, 0.3) is 0 Å². The van der Waals surface area contributed by atoms with E-state index in [4.69, 9.17) is 23.3 Å². The highest BCUT2D eigenvalue weighted by Crippen LogP contribution is 2.43. The Morgan fingerprint density at radius 2 is 1.27 bits per heavy atom. The zero-order valence-corrected chi connectivity index (χ0v) is 23.5. The lowest BCUT2D eigenvalue weighted by Crippen LogP contribution is -2.29. The summed E-state index contributed by atoms with van der Waals surface area (Å²) in [5.41, 5.74) is 0. The molecule has 2 atom stereocenters. The van der Waals surface area contributed by atoms with Gasteiger partial charge in [0.1, 0.15) is 18.2 Å². The van der Waals surface area contributed by atoms with Crippen LogP contribution in [0.15, 0.2) is 0 Å². The van der Waals surface area contributed by atoms with Crippen molar-refractivity contribution in [1.82, 2.24) is 0 Å². The Balaban J connectivity index is 4.04. The van der Waals surface area contributed by atoms with Crippen molar-refractivity contribution in [2.75, 3.05) is 33.5 Å². The smallest absolute Gasteiger partial charge is 0.462 e. The second kappa shape index (κ2) is 22.3. The number of hydrogen-bond donors (Lipinski definition) is 1. The van der Waals surface area contributed by atoms with E-state index < -0.39 is 32.5 Å². The van der Waals surface area contributed by atoms with Crippen molar-refractivity contribution >= 4 is 31.3 Å². The van der Waals surface area contributed by atoms with Gasteiger partial charge in [-0.3, -0.25) is 28.2 Å². The summed E-state index contributed by atoms with van der Waals surface area (Å²) >= 11 is 0. The first-order valence-electron chi connectivity index (χ1n) is 13.1. The van der Waals surface area contributed by atoms with Crippen molar-refractivity contribution in [2.45, 2.75) is 103 Å². The molecule has 0 saturated carbocycles. The Hall–Kier alpha value is -1.65. The van der Waals surface area contributed by atoms with Crippen molar-refractivity contribution in [1.29, 1.82) is 0 Å². The van der Waals surface area contributed by atoms with Gasteiger partial charge in [-0.1, -0.05) is 33.1 Å². The number of carbonyl (C=O) groups excluding carboxylic acids is 4. The molecule has 2 unspecified atom stereocenters. The van der Waals surface area contributed by atoms with Gasteiger partial charge in [-0.15, -0.1) is 0 Å². The number of ether oxygens (including phenoxy) is 3. The molecule has 37 heavy (non-hydrogen) atoms. The number of ketones is 2. The van der Waals surface area contributed by atoms with Gasteiger partial charge in [0.25, 0.3) is 0 Å². The molecule has 0 fully saturated rings. The summed E-state index contributed by atoms with van der Waals surface area (Å²) in [6.45, 7) is 2.94. The zero-order valence-electron chi connectivity index (χ0n) is 22.6. The van der Waals surface area contributed by atoms with Gasteiger partial charge in [0.05, 0.1) is 13.2 Å². The fraction of sp³-hybridized carbons (Fsp3) is 0.840. The van der Waals surface area contributed by atoms with Gasteiger partial charge in [0, 0.05) is 52.2 Å². The van der Waals surface area contributed by atoms with Gasteiger partial charge in [0.15, 0.2) is 6.10 Å². The molecule has 0 aliphatic rings. The van der Waals surface area contributed by atoms with E-state index in [0.29, 0.717) is 19.3 Å². The van der Waals surface area contributed by atoms with Crippen LogP contribution in [0.4, 0.5) is 0 Å². The molecule has 0 aromatic rings. The third kappa shape index (κ3) is 22.1. The largest absolute Gasteiger partial charge is 0.472 e. The second-order valence-corrected chi connectivity index (χ2v) is 10.1. The quantitative estimate of drug-likeness (QED) is 0.0970. The van der Waals surface area contributed by atoms with Crippen LogP contribution in [0.2, 0.25) is 0 Å². The summed E-state index contributed by atoms with van der Waals surface area (Å²) in [6, 6.07) is 0. The van der Waals surface area contributed by atoms with Crippen LogP contribution >= 0.6 is 7.82 Å². The van der Waals surface area contributed by atoms with E-state index in [0.717, 1.165) is 38.7 Å². The molecule has 11 nitrogen and oxygen atoms in total. The van der Waals surface area contributed by atoms with Crippen molar-refractivity contribution in [3.05, 3.63) is 0 Å². The van der Waals surface area contributed by atoms with Gasteiger partial charge < -0.3 is 19.1 Å². The molecule has 0 amide bonds. The lowest BCUT2D eigenvalue weighted by Gasteiger charge is -2.19. The summed E-state index contributed by atoms with van der Waals surface area (Å²) in [5.74, 6) is -0.977. The molecule has 0 rings (SSSR count). The fourth-order valence-corrected chi connectivity index (χ4v) is 3.96. The minimum absolute atomic E-state index is 0.0486. The maximum absolute atomic E-state index is 12.1. The molecule has 0 aromatic heterocycles. The number of Topliss-reactive ketones (excluding diaryl/α,β-unsaturated/α-hetero) is 2. The number of rotatable bonds is 25. The van der Waals surface area contributed by atoms with E-state index in [2.05, 4.69) is 0 Å². The SMILES string of the molecule is CCC(=O)OCC(COP(=O)(O)OCCCC(=O)CCCC(=O)CCCCCCCOC)OC(=O)CC. The number of esters is 2. The number of carbonyl (C=O) groups is 4. The molecule has 1 N–H and O–H groups in total. The third-order valence-electron chi connectivity index (χ3n) is 5.30. The highest BCUT2D eigenvalue weighted by atomic mass is 31.2. The topological polar surface area (TPSA) is 152 Å². The number of methoxy groups -OCH3 is 1. The Bertz CT molecular complexity index is 711. The molecule has 0 spiro atoms. The third-order valence-corrected chi connectivity index (χ3v) is 6.28. The molecule has 0 aromatic carbocycles. The van der Waals surface area contributed by atoms with Gasteiger partial charge in [-0.2, -0.15) is 0 Å². The molecule has 216 valence electrons. The van der Waals surface area contributed by atoms with E-state index in [1.54, 1.807) is 21.0 Å². The van der Waals surface area contributed by atoms with Gasteiger partial charge in [-0.05, 0) is 25.7 Å².